The SMILES string of the molecule is Cc1ccc(-n2nc(C(C)(C)C)cc2NC(=O)Nc2cc(CN3CCN(C(=O)c4ccc(CN(C)C)cc4)CC3)ccc2C)cc1. The summed E-state index contributed by atoms with van der Waals surface area (Å²) in [5.41, 5.74) is 7.54. The van der Waals surface area contributed by atoms with Gasteiger partial charge in [-0.3, -0.25) is 15.0 Å². The Morgan fingerprint density at radius 2 is 1.48 bits per heavy atom. The van der Waals surface area contributed by atoms with Gasteiger partial charge in [-0.05, 0) is 75.0 Å². The summed E-state index contributed by atoms with van der Waals surface area (Å²) in [6, 6.07) is 23.8. The maximum absolute atomic E-state index is 13.3. The number of nitrogens with one attached hydrogen (secondary N) is 2. The van der Waals surface area contributed by atoms with Crippen LogP contribution in [0, 0.1) is 13.8 Å². The van der Waals surface area contributed by atoms with Gasteiger partial charge < -0.3 is 15.1 Å². The highest BCUT2D eigenvalue weighted by molar-refractivity contribution is 6.00. The predicted molar refractivity (Wildman–Crippen MR) is 186 cm³/mol. The second kappa shape index (κ2) is 13.9. The number of benzene rings is 3. The van der Waals surface area contributed by atoms with Crippen LogP contribution in [0.3, 0.4) is 0 Å². The number of amides is 3. The molecular formula is C37H47N7O2. The molecule has 5 rings (SSSR count). The molecule has 0 unspecified atom stereocenters. The average Bonchev–Trinajstić information content (AvgIpc) is 3.43. The van der Waals surface area contributed by atoms with Crippen molar-refractivity contribution in [3.63, 3.8) is 0 Å². The minimum Gasteiger partial charge on any atom is -0.336 e. The fraction of sp³-hybridized carbons (Fsp3) is 0.378. The van der Waals surface area contributed by atoms with E-state index in [0.29, 0.717) is 18.9 Å². The molecule has 3 aromatic carbocycles. The first-order chi connectivity index (χ1) is 21.9. The van der Waals surface area contributed by atoms with E-state index in [1.54, 1.807) is 4.68 Å². The lowest BCUT2D eigenvalue weighted by Crippen LogP contribution is -2.48. The Hall–Kier alpha value is -4.47. The van der Waals surface area contributed by atoms with Gasteiger partial charge in [-0.15, -0.1) is 0 Å². The smallest absolute Gasteiger partial charge is 0.324 e. The van der Waals surface area contributed by atoms with Crippen LogP contribution in [0.5, 0.6) is 0 Å². The van der Waals surface area contributed by atoms with Crippen molar-refractivity contribution in [3.05, 3.63) is 106 Å². The minimum atomic E-state index is -0.323. The van der Waals surface area contributed by atoms with Crippen LogP contribution >= 0.6 is 0 Å². The van der Waals surface area contributed by atoms with Gasteiger partial charge in [0.1, 0.15) is 5.82 Å². The average molecular weight is 622 g/mol. The van der Waals surface area contributed by atoms with Crippen molar-refractivity contribution in [2.24, 2.45) is 0 Å². The number of carbonyl (C=O) groups is 2. The number of carbonyl (C=O) groups excluding carboxylic acids is 2. The maximum Gasteiger partial charge on any atom is 0.324 e. The number of nitrogens with zero attached hydrogens (tertiary/aromatic N) is 5. The van der Waals surface area contributed by atoms with E-state index in [2.05, 4.69) is 47.3 Å². The highest BCUT2D eigenvalue weighted by Gasteiger charge is 2.24. The first-order valence-electron chi connectivity index (χ1n) is 16.0. The molecule has 2 heterocycles. The highest BCUT2D eigenvalue weighted by atomic mass is 16.2. The van der Waals surface area contributed by atoms with Crippen molar-refractivity contribution < 1.29 is 9.59 Å². The number of hydrogen-bond donors (Lipinski definition) is 2. The summed E-state index contributed by atoms with van der Waals surface area (Å²) in [5, 5.41) is 10.9. The molecule has 2 N–H and O–H groups in total. The Kier molecular flexibility index (Phi) is 9.94. The molecule has 9 nitrogen and oxygen atoms in total. The zero-order valence-corrected chi connectivity index (χ0v) is 28.2. The summed E-state index contributed by atoms with van der Waals surface area (Å²) in [4.78, 5) is 32.8. The van der Waals surface area contributed by atoms with Gasteiger partial charge in [0.2, 0.25) is 0 Å². The first kappa shape index (κ1) is 32.9. The molecular weight excluding hydrogens is 574 g/mol. The van der Waals surface area contributed by atoms with Gasteiger partial charge in [0, 0.05) is 62.0 Å². The van der Waals surface area contributed by atoms with Gasteiger partial charge in [-0.2, -0.15) is 5.10 Å². The number of piperazine rings is 1. The van der Waals surface area contributed by atoms with Crippen molar-refractivity contribution in [1.29, 1.82) is 0 Å². The van der Waals surface area contributed by atoms with E-state index >= 15 is 0 Å². The molecule has 1 saturated heterocycles. The summed E-state index contributed by atoms with van der Waals surface area (Å²) in [6.07, 6.45) is 0. The Bertz CT molecular complexity index is 1660. The highest BCUT2D eigenvalue weighted by Crippen LogP contribution is 2.27. The summed E-state index contributed by atoms with van der Waals surface area (Å²) in [6.45, 7) is 14.9. The molecule has 0 saturated carbocycles. The van der Waals surface area contributed by atoms with Crippen LogP contribution in [0.15, 0.2) is 72.8 Å². The molecule has 0 radical (unpaired) electrons. The normalized spacial score (nSPS) is 14.0. The molecule has 0 aliphatic carbocycles. The van der Waals surface area contributed by atoms with Gasteiger partial charge in [0.25, 0.3) is 5.91 Å². The molecule has 3 amide bonds. The zero-order chi connectivity index (χ0) is 33.0. The van der Waals surface area contributed by atoms with Crippen molar-refractivity contribution in [3.8, 4) is 5.69 Å². The largest absolute Gasteiger partial charge is 0.336 e. The van der Waals surface area contributed by atoms with Crippen LogP contribution in [-0.2, 0) is 18.5 Å². The minimum absolute atomic E-state index is 0.0854. The van der Waals surface area contributed by atoms with Crippen molar-refractivity contribution in [2.45, 2.75) is 53.1 Å². The lowest BCUT2D eigenvalue weighted by molar-refractivity contribution is 0.0628. The van der Waals surface area contributed by atoms with Gasteiger partial charge in [-0.1, -0.05) is 62.7 Å². The molecule has 4 aromatic rings. The lowest BCUT2D eigenvalue weighted by Gasteiger charge is -2.35. The molecule has 1 aromatic heterocycles. The molecule has 0 bridgehead atoms. The summed E-state index contributed by atoms with van der Waals surface area (Å²) in [5.74, 6) is 0.694. The van der Waals surface area contributed by atoms with Crippen LogP contribution in [-0.4, -0.2) is 76.7 Å². The van der Waals surface area contributed by atoms with Gasteiger partial charge in [-0.25, -0.2) is 9.48 Å². The van der Waals surface area contributed by atoms with Gasteiger partial charge in [0.15, 0.2) is 0 Å². The van der Waals surface area contributed by atoms with Gasteiger partial charge >= 0.3 is 6.03 Å². The lowest BCUT2D eigenvalue weighted by atomic mass is 9.92. The number of aryl methyl sites for hydroxylation is 2. The number of hydrogen-bond acceptors (Lipinski definition) is 5. The number of rotatable bonds is 8. The van der Waals surface area contributed by atoms with Crippen molar-refractivity contribution in [1.82, 2.24) is 24.5 Å². The number of urea groups is 1. The third-order valence-electron chi connectivity index (χ3n) is 8.31. The predicted octanol–water partition coefficient (Wildman–Crippen LogP) is 6.45. The summed E-state index contributed by atoms with van der Waals surface area (Å²) < 4.78 is 1.79. The maximum atomic E-state index is 13.3. The van der Waals surface area contributed by atoms with Crippen LogP contribution in [0.2, 0.25) is 0 Å². The Morgan fingerprint density at radius 3 is 2.11 bits per heavy atom. The second-order valence-corrected chi connectivity index (χ2v) is 13.6. The number of anilines is 2. The third kappa shape index (κ3) is 8.21. The molecule has 0 atom stereocenters. The molecule has 242 valence electrons. The van der Waals surface area contributed by atoms with E-state index in [1.165, 1.54) is 5.56 Å². The van der Waals surface area contributed by atoms with E-state index in [1.807, 2.05) is 99.6 Å². The number of aromatic nitrogens is 2. The Balaban J connectivity index is 1.20. The van der Waals surface area contributed by atoms with Crippen LogP contribution in [0.4, 0.5) is 16.3 Å². The molecule has 1 fully saturated rings. The van der Waals surface area contributed by atoms with E-state index in [0.717, 1.165) is 65.5 Å². The van der Waals surface area contributed by atoms with Gasteiger partial charge in [0.05, 0.1) is 11.4 Å². The third-order valence-corrected chi connectivity index (χ3v) is 8.31. The van der Waals surface area contributed by atoms with E-state index in [4.69, 9.17) is 5.10 Å². The van der Waals surface area contributed by atoms with E-state index in [-0.39, 0.29) is 17.4 Å². The van der Waals surface area contributed by atoms with Crippen molar-refractivity contribution >= 4 is 23.4 Å². The fourth-order valence-corrected chi connectivity index (χ4v) is 5.56. The second-order valence-electron chi connectivity index (χ2n) is 13.6. The fourth-order valence-electron chi connectivity index (χ4n) is 5.56. The monoisotopic (exact) mass is 621 g/mol. The molecule has 1 aliphatic rings. The zero-order valence-electron chi connectivity index (χ0n) is 28.2. The van der Waals surface area contributed by atoms with Crippen LogP contribution in [0.25, 0.3) is 5.69 Å². The van der Waals surface area contributed by atoms with Crippen LogP contribution in [0.1, 0.15) is 59.1 Å². The summed E-state index contributed by atoms with van der Waals surface area (Å²) >= 11 is 0. The quantitative estimate of drug-likeness (QED) is 0.236. The topological polar surface area (TPSA) is 85.7 Å². The first-order valence-corrected chi connectivity index (χ1v) is 16.0. The van der Waals surface area contributed by atoms with Crippen LogP contribution < -0.4 is 10.6 Å². The summed E-state index contributed by atoms with van der Waals surface area (Å²) in [7, 11) is 4.08. The Morgan fingerprint density at radius 1 is 0.826 bits per heavy atom. The van der Waals surface area contributed by atoms with Crippen molar-refractivity contribution in [2.75, 3.05) is 50.9 Å². The standard InChI is InChI=1S/C37H47N7O2/c1-26-8-16-31(17-9-26)44-34(23-33(40-44)37(3,4)5)39-36(46)38-32-22-29(11-10-27(32)2)25-42-18-20-43(21-19-42)35(45)30-14-12-28(13-15-30)24-41(6)7/h8-17,22-23H,18-21,24-25H2,1-7H3,(H2,38,39,46). The molecule has 9 heteroatoms. The Labute approximate surface area is 273 Å². The molecule has 0 spiro atoms. The van der Waals surface area contributed by atoms with E-state index < -0.39 is 0 Å². The molecule has 1 aliphatic heterocycles. The van der Waals surface area contributed by atoms with E-state index in [9.17, 15) is 9.59 Å². The molecule has 46 heavy (non-hydrogen) atoms.